The Balaban J connectivity index is 1.75. The summed E-state index contributed by atoms with van der Waals surface area (Å²) in [6.07, 6.45) is -2.33. The molecule has 0 radical (unpaired) electrons. The summed E-state index contributed by atoms with van der Waals surface area (Å²) >= 11 is 6.05. The molecule has 0 spiro atoms. The van der Waals surface area contributed by atoms with E-state index < -0.39 is 11.7 Å². The molecule has 31 heavy (non-hydrogen) atoms. The number of carbonyl (C=O) groups excluding carboxylic acids is 2. The molecule has 6 nitrogen and oxygen atoms in total. The van der Waals surface area contributed by atoms with Crippen LogP contribution in [0.3, 0.4) is 0 Å². The van der Waals surface area contributed by atoms with E-state index in [9.17, 15) is 22.8 Å². The summed E-state index contributed by atoms with van der Waals surface area (Å²) < 4.78 is 38.5. The molecule has 168 valence electrons. The topological polar surface area (TPSA) is 69.3 Å². The number of halogens is 4. The normalized spacial score (nSPS) is 14.8. The molecule has 0 saturated carbocycles. The summed E-state index contributed by atoms with van der Waals surface area (Å²) in [5, 5.41) is -0.0778. The van der Waals surface area contributed by atoms with Gasteiger partial charge in [0.2, 0.25) is 0 Å². The summed E-state index contributed by atoms with van der Waals surface area (Å²) in [5.74, 6) is -0.00251. The van der Waals surface area contributed by atoms with Crippen molar-refractivity contribution >= 4 is 29.1 Å². The standard InChI is InChI=1S/C21H24ClF3N4O2/c1-4-5-15-17(13(3)30)12(2)27-18(15)20(31)29-8-6-28(7-9-29)19-16(22)10-14(11-26-19)21(23,24)25/h10-11,27H,4-9H2,1-3H3. The van der Waals surface area contributed by atoms with Crippen molar-refractivity contribution in [2.24, 2.45) is 0 Å². The number of aryl methyl sites for hydroxylation is 1. The number of nitrogens with one attached hydrogen (secondary N) is 1. The van der Waals surface area contributed by atoms with E-state index in [4.69, 9.17) is 11.6 Å². The minimum atomic E-state index is -4.51. The number of hydrogen-bond acceptors (Lipinski definition) is 4. The van der Waals surface area contributed by atoms with Crippen LogP contribution in [0.4, 0.5) is 19.0 Å². The Kier molecular flexibility index (Phi) is 6.64. The van der Waals surface area contributed by atoms with E-state index >= 15 is 0 Å². The number of alkyl halides is 3. The second kappa shape index (κ2) is 8.90. The van der Waals surface area contributed by atoms with Crippen LogP contribution in [-0.4, -0.2) is 52.7 Å². The third kappa shape index (κ3) is 4.71. The Hall–Kier alpha value is -2.55. The predicted molar refractivity (Wildman–Crippen MR) is 112 cm³/mol. The summed E-state index contributed by atoms with van der Waals surface area (Å²) in [6, 6.07) is 0.865. The summed E-state index contributed by atoms with van der Waals surface area (Å²) in [4.78, 5) is 35.6. The number of nitrogens with zero attached hydrogens (tertiary/aromatic N) is 3. The summed E-state index contributed by atoms with van der Waals surface area (Å²) in [5.41, 5.74) is 1.53. The lowest BCUT2D eigenvalue weighted by atomic mass is 10.0. The molecule has 3 rings (SSSR count). The van der Waals surface area contributed by atoms with E-state index in [1.807, 2.05) is 6.92 Å². The van der Waals surface area contributed by atoms with Gasteiger partial charge in [0.25, 0.3) is 5.91 Å². The number of H-pyrrole nitrogens is 1. The quantitative estimate of drug-likeness (QED) is 0.672. The van der Waals surface area contributed by atoms with Crippen molar-refractivity contribution in [3.8, 4) is 0 Å². The van der Waals surface area contributed by atoms with Crippen molar-refractivity contribution in [3.63, 3.8) is 0 Å². The largest absolute Gasteiger partial charge is 0.417 e. The number of piperazine rings is 1. The van der Waals surface area contributed by atoms with Gasteiger partial charge in [-0.25, -0.2) is 4.98 Å². The van der Waals surface area contributed by atoms with Gasteiger partial charge < -0.3 is 14.8 Å². The van der Waals surface area contributed by atoms with Crippen LogP contribution in [0, 0.1) is 6.92 Å². The maximum atomic E-state index is 13.1. The van der Waals surface area contributed by atoms with Crippen molar-refractivity contribution in [2.75, 3.05) is 31.1 Å². The van der Waals surface area contributed by atoms with Crippen LogP contribution < -0.4 is 4.90 Å². The third-order valence-corrected chi connectivity index (χ3v) is 5.65. The molecule has 1 aliphatic heterocycles. The molecule has 2 aromatic rings. The van der Waals surface area contributed by atoms with Gasteiger partial charge in [-0.15, -0.1) is 0 Å². The molecule has 0 aliphatic carbocycles. The van der Waals surface area contributed by atoms with Gasteiger partial charge in [0, 0.05) is 43.6 Å². The number of amides is 1. The number of ketones is 1. The zero-order valence-electron chi connectivity index (χ0n) is 17.6. The second-order valence-corrected chi connectivity index (χ2v) is 8.00. The van der Waals surface area contributed by atoms with Crippen molar-refractivity contribution in [2.45, 2.75) is 39.8 Å². The Morgan fingerprint density at radius 1 is 1.23 bits per heavy atom. The molecule has 0 bridgehead atoms. The average Bonchev–Trinajstić information content (AvgIpc) is 3.03. The third-order valence-electron chi connectivity index (χ3n) is 5.37. The van der Waals surface area contributed by atoms with Crippen LogP contribution >= 0.6 is 11.6 Å². The van der Waals surface area contributed by atoms with Crippen LogP contribution in [0.25, 0.3) is 0 Å². The lowest BCUT2D eigenvalue weighted by Crippen LogP contribution is -2.49. The number of Topliss-reactive ketones (excluding diaryl/α,β-unsaturated/α-hetero) is 1. The zero-order valence-corrected chi connectivity index (χ0v) is 18.3. The van der Waals surface area contributed by atoms with E-state index in [1.54, 1.807) is 16.7 Å². The number of pyridine rings is 1. The number of aromatic amines is 1. The molecule has 1 N–H and O–H groups in total. The molecule has 1 aliphatic rings. The highest BCUT2D eigenvalue weighted by Gasteiger charge is 2.33. The van der Waals surface area contributed by atoms with Gasteiger partial charge in [0.1, 0.15) is 11.5 Å². The lowest BCUT2D eigenvalue weighted by Gasteiger charge is -2.35. The Morgan fingerprint density at radius 3 is 2.39 bits per heavy atom. The fraction of sp³-hybridized carbons (Fsp3) is 0.476. The molecule has 0 unspecified atom stereocenters. The van der Waals surface area contributed by atoms with E-state index in [1.165, 1.54) is 6.92 Å². The molecular formula is C21H24ClF3N4O2. The Bertz CT molecular complexity index is 995. The first-order chi connectivity index (χ1) is 14.5. The first-order valence-corrected chi connectivity index (χ1v) is 10.4. The van der Waals surface area contributed by atoms with E-state index in [-0.39, 0.29) is 22.5 Å². The van der Waals surface area contributed by atoms with Gasteiger partial charge in [-0.2, -0.15) is 13.2 Å². The van der Waals surface area contributed by atoms with Crippen LogP contribution in [0.5, 0.6) is 0 Å². The van der Waals surface area contributed by atoms with Gasteiger partial charge in [0.15, 0.2) is 5.78 Å². The second-order valence-electron chi connectivity index (χ2n) is 7.59. The van der Waals surface area contributed by atoms with E-state index in [2.05, 4.69) is 9.97 Å². The highest BCUT2D eigenvalue weighted by molar-refractivity contribution is 6.33. The molecule has 0 atom stereocenters. The lowest BCUT2D eigenvalue weighted by molar-refractivity contribution is -0.137. The molecule has 1 fully saturated rings. The number of carbonyl (C=O) groups is 2. The molecule has 10 heteroatoms. The van der Waals surface area contributed by atoms with Gasteiger partial charge in [0.05, 0.1) is 10.6 Å². The minimum Gasteiger partial charge on any atom is -0.354 e. The highest BCUT2D eigenvalue weighted by Crippen LogP contribution is 2.34. The fourth-order valence-electron chi connectivity index (χ4n) is 3.93. The van der Waals surface area contributed by atoms with Crippen LogP contribution in [0.15, 0.2) is 12.3 Å². The summed E-state index contributed by atoms with van der Waals surface area (Å²) in [6.45, 7) is 6.73. The molecule has 3 heterocycles. The Labute approximate surface area is 183 Å². The van der Waals surface area contributed by atoms with Gasteiger partial charge in [-0.05, 0) is 31.9 Å². The van der Waals surface area contributed by atoms with Crippen molar-refractivity contribution < 1.29 is 22.8 Å². The monoisotopic (exact) mass is 456 g/mol. The first-order valence-electron chi connectivity index (χ1n) is 10.0. The van der Waals surface area contributed by atoms with Gasteiger partial charge in [-0.1, -0.05) is 24.9 Å². The van der Waals surface area contributed by atoms with Crippen LogP contribution in [0.1, 0.15) is 57.9 Å². The van der Waals surface area contributed by atoms with E-state index in [0.29, 0.717) is 49.6 Å². The van der Waals surface area contributed by atoms with Crippen LogP contribution in [-0.2, 0) is 12.6 Å². The number of rotatable bonds is 5. The molecule has 1 amide bonds. The highest BCUT2D eigenvalue weighted by atomic mass is 35.5. The fourth-order valence-corrected chi connectivity index (χ4v) is 4.22. The van der Waals surface area contributed by atoms with Crippen molar-refractivity contribution in [3.05, 3.63) is 45.4 Å². The zero-order chi connectivity index (χ0) is 22.9. The van der Waals surface area contributed by atoms with Gasteiger partial charge in [-0.3, -0.25) is 9.59 Å². The predicted octanol–water partition coefficient (Wildman–Crippen LogP) is 4.51. The van der Waals surface area contributed by atoms with Crippen molar-refractivity contribution in [1.82, 2.24) is 14.9 Å². The maximum absolute atomic E-state index is 13.1. The van der Waals surface area contributed by atoms with Crippen LogP contribution in [0.2, 0.25) is 5.02 Å². The van der Waals surface area contributed by atoms with Gasteiger partial charge >= 0.3 is 6.18 Å². The molecule has 2 aromatic heterocycles. The number of aromatic nitrogens is 2. The van der Waals surface area contributed by atoms with E-state index in [0.717, 1.165) is 24.2 Å². The first kappa shape index (κ1) is 23.1. The minimum absolute atomic E-state index is 0.0778. The van der Waals surface area contributed by atoms with Crippen molar-refractivity contribution in [1.29, 1.82) is 0 Å². The average molecular weight is 457 g/mol. The molecule has 0 aromatic carbocycles. The molecular weight excluding hydrogens is 433 g/mol. The maximum Gasteiger partial charge on any atom is 0.417 e. The summed E-state index contributed by atoms with van der Waals surface area (Å²) in [7, 11) is 0. The number of hydrogen-bond donors (Lipinski definition) is 1. The number of anilines is 1. The molecule has 1 saturated heterocycles. The Morgan fingerprint density at radius 2 is 1.87 bits per heavy atom. The SMILES string of the molecule is CCCc1c(C(=O)N2CCN(c3ncc(C(F)(F)F)cc3Cl)CC2)[nH]c(C)c1C(C)=O. The smallest absolute Gasteiger partial charge is 0.354 e.